The fourth-order valence-corrected chi connectivity index (χ4v) is 1.42. The van der Waals surface area contributed by atoms with Crippen LogP contribution in [0.5, 0.6) is 0 Å². The van der Waals surface area contributed by atoms with Gasteiger partial charge < -0.3 is 0 Å². The highest BCUT2D eigenvalue weighted by atomic mass is 79.9. The molecule has 0 fully saturated rings. The van der Waals surface area contributed by atoms with Crippen molar-refractivity contribution in [1.82, 2.24) is 4.98 Å². The average Bonchev–Trinajstić information content (AvgIpc) is 1.88. The van der Waals surface area contributed by atoms with E-state index >= 15 is 0 Å². The monoisotopic (exact) mass is 270 g/mol. The first-order valence-electron chi connectivity index (χ1n) is 3.02. The molecule has 1 aromatic rings. The normalized spacial score (nSPS) is 9.30. The molecule has 0 saturated carbocycles. The number of nitrogens with zero attached hydrogens (tertiary/aromatic N) is 1. The lowest BCUT2D eigenvalue weighted by Crippen LogP contribution is -1.69. The molecule has 0 aliphatic heterocycles. The minimum absolute atomic E-state index is 0.992. The van der Waals surface area contributed by atoms with Gasteiger partial charge in [0.05, 0.1) is 8.52 Å². The number of pyridine rings is 1. The van der Waals surface area contributed by atoms with E-state index in [9.17, 15) is 4.39 Å². The molecule has 0 radical (unpaired) electrons. The summed E-state index contributed by atoms with van der Waals surface area (Å²) in [6, 6.07) is 1.94. The molecule has 0 bridgehead atoms. The van der Waals surface area contributed by atoms with Gasteiger partial charge in [-0.15, -0.1) is 0 Å². The van der Waals surface area contributed by atoms with Gasteiger partial charge in [0.15, 0.2) is 0 Å². The van der Waals surface area contributed by atoms with Crippen LogP contribution in [0.25, 0.3) is 0 Å². The maximum absolute atomic E-state index is 9.96. The van der Waals surface area contributed by atoms with Crippen molar-refractivity contribution in [2.75, 3.05) is 7.15 Å². The molecular formula is C6H6Br2FN. The summed E-state index contributed by atoms with van der Waals surface area (Å²) in [6.45, 7) is 0. The summed E-state index contributed by atoms with van der Waals surface area (Å²) in [7, 11) is -1.00. The zero-order valence-corrected chi connectivity index (χ0v) is 8.19. The molecule has 1 rings (SSSR count). The Bertz CT molecular complexity index is 192. The molecule has 0 aliphatic rings. The summed E-state index contributed by atoms with van der Waals surface area (Å²) < 4.78 is 17.5. The maximum atomic E-state index is 9.96. The van der Waals surface area contributed by atoms with Crippen LogP contribution in [0.1, 0.15) is 1.37 Å². The second-order valence-electron chi connectivity index (χ2n) is 1.32. The third kappa shape index (κ3) is 3.95. The topological polar surface area (TPSA) is 12.9 Å². The molecule has 1 heterocycles. The highest BCUT2D eigenvalue weighted by molar-refractivity contribution is 9.11. The van der Waals surface area contributed by atoms with Gasteiger partial charge >= 0.3 is 0 Å². The van der Waals surface area contributed by atoms with Crippen LogP contribution in [0.15, 0.2) is 27.4 Å². The van der Waals surface area contributed by atoms with Crippen LogP contribution < -0.4 is 0 Å². The van der Waals surface area contributed by atoms with E-state index in [4.69, 9.17) is 1.37 Å². The fraction of sp³-hybridized carbons (Fsp3) is 0.167. The molecule has 1 aromatic heterocycles. The Morgan fingerprint density at radius 1 is 1.50 bits per heavy atom. The summed E-state index contributed by atoms with van der Waals surface area (Å²) in [4.78, 5) is 3.89. The van der Waals surface area contributed by atoms with Crippen LogP contribution in [-0.2, 0) is 0 Å². The van der Waals surface area contributed by atoms with Gasteiger partial charge in [-0.1, -0.05) is 0 Å². The van der Waals surface area contributed by atoms with Crippen molar-refractivity contribution in [2.45, 2.75) is 0 Å². The van der Waals surface area contributed by atoms with E-state index in [1.54, 1.807) is 12.4 Å². The van der Waals surface area contributed by atoms with E-state index in [-0.39, 0.29) is 0 Å². The van der Waals surface area contributed by atoms with E-state index in [2.05, 4.69) is 36.8 Å². The van der Waals surface area contributed by atoms with E-state index in [0.29, 0.717) is 0 Å². The van der Waals surface area contributed by atoms with Crippen molar-refractivity contribution >= 4 is 31.9 Å². The molecule has 56 valence electrons. The Hall–Kier alpha value is 0.0400. The first kappa shape index (κ1) is 8.14. The standard InChI is InChI=1S/C5H3Br2N.CH3F/c6-4-1-5(7)3-8-2-4;1-2/h1-3H;1H3/i;1D. The molecular weight excluding hydrogens is 265 g/mol. The molecule has 4 heteroatoms. The van der Waals surface area contributed by atoms with Gasteiger partial charge in [0, 0.05) is 21.3 Å². The largest absolute Gasteiger partial charge is 0.262 e. The van der Waals surface area contributed by atoms with Crippen LogP contribution in [0, 0.1) is 0 Å². The van der Waals surface area contributed by atoms with Crippen LogP contribution >= 0.6 is 31.9 Å². The Labute approximate surface area is 77.3 Å². The first-order chi connectivity index (χ1) is 5.20. The van der Waals surface area contributed by atoms with Gasteiger partial charge in [0.2, 0.25) is 0 Å². The molecule has 0 saturated heterocycles. The van der Waals surface area contributed by atoms with Gasteiger partial charge in [-0.2, -0.15) is 0 Å². The molecule has 0 unspecified atom stereocenters. The highest BCUT2D eigenvalue weighted by Gasteiger charge is 1.85. The van der Waals surface area contributed by atoms with Crippen LogP contribution in [-0.4, -0.2) is 12.1 Å². The predicted octanol–water partition coefficient (Wildman–Crippen LogP) is 3.19. The summed E-state index contributed by atoms with van der Waals surface area (Å²) in [6.07, 6.45) is 3.48. The molecule has 0 aromatic carbocycles. The average molecular weight is 272 g/mol. The summed E-state index contributed by atoms with van der Waals surface area (Å²) in [5.74, 6) is 0. The van der Waals surface area contributed by atoms with Gasteiger partial charge in [-0.3, -0.25) is 9.37 Å². The molecule has 1 nitrogen and oxygen atoms in total. The van der Waals surface area contributed by atoms with Gasteiger partial charge in [0.25, 0.3) is 0 Å². The van der Waals surface area contributed by atoms with Crippen LogP contribution in [0.4, 0.5) is 4.39 Å². The Morgan fingerprint density at radius 3 is 2.10 bits per heavy atom. The van der Waals surface area contributed by atoms with E-state index in [0.717, 1.165) is 8.95 Å². The summed E-state index contributed by atoms with van der Waals surface area (Å²) >= 11 is 6.54. The molecule has 0 spiro atoms. The van der Waals surface area contributed by atoms with Crippen molar-refractivity contribution in [1.29, 1.82) is 0 Å². The molecule has 0 amide bonds. The lowest BCUT2D eigenvalue weighted by atomic mass is 10.5. The Morgan fingerprint density at radius 2 is 1.90 bits per heavy atom. The summed E-state index contributed by atoms with van der Waals surface area (Å²) in [5, 5.41) is 0. The van der Waals surface area contributed by atoms with Gasteiger partial charge in [-0.25, -0.2) is 0 Å². The van der Waals surface area contributed by atoms with Crippen molar-refractivity contribution in [2.24, 2.45) is 0 Å². The van der Waals surface area contributed by atoms with Crippen molar-refractivity contribution in [3.8, 4) is 0 Å². The van der Waals surface area contributed by atoms with Crippen molar-refractivity contribution in [3.05, 3.63) is 27.4 Å². The SMILES string of the molecule is Brc1cncc(Br)c1.[2H]CF. The highest BCUT2D eigenvalue weighted by Crippen LogP contribution is 2.13. The molecule has 10 heavy (non-hydrogen) atoms. The van der Waals surface area contributed by atoms with E-state index in [1.165, 1.54) is 0 Å². The number of rotatable bonds is 0. The number of hydrogen-bond donors (Lipinski definition) is 0. The minimum atomic E-state index is -1.00. The maximum Gasteiger partial charge on any atom is 0.0785 e. The molecule has 0 N–H and O–H groups in total. The number of alkyl halides is 1. The second-order valence-corrected chi connectivity index (χ2v) is 3.15. The zero-order chi connectivity index (χ0) is 8.69. The lowest BCUT2D eigenvalue weighted by Gasteiger charge is -1.86. The van der Waals surface area contributed by atoms with Crippen molar-refractivity contribution < 1.29 is 5.76 Å². The molecule has 0 aliphatic carbocycles. The van der Waals surface area contributed by atoms with Crippen LogP contribution in [0.2, 0.25) is 0 Å². The van der Waals surface area contributed by atoms with Gasteiger partial charge in [0.1, 0.15) is 0 Å². The number of aromatic nitrogens is 1. The Kier molecular flexibility index (Phi) is 4.72. The number of hydrogen-bond acceptors (Lipinski definition) is 1. The van der Waals surface area contributed by atoms with E-state index in [1.807, 2.05) is 6.07 Å². The summed E-state index contributed by atoms with van der Waals surface area (Å²) in [5.41, 5.74) is 0. The molecule has 0 atom stereocenters. The van der Waals surface area contributed by atoms with Gasteiger partial charge in [-0.05, 0) is 37.9 Å². The third-order valence-electron chi connectivity index (χ3n) is 0.672. The van der Waals surface area contributed by atoms with E-state index < -0.39 is 7.15 Å². The number of halogens is 3. The third-order valence-corrected chi connectivity index (χ3v) is 1.54. The minimum Gasteiger partial charge on any atom is -0.262 e. The Balaban J connectivity index is 0.000000292. The first-order valence-corrected chi connectivity index (χ1v) is 3.90. The van der Waals surface area contributed by atoms with Crippen molar-refractivity contribution in [3.63, 3.8) is 0 Å². The zero-order valence-electron chi connectivity index (χ0n) is 6.02. The second kappa shape index (κ2) is 5.80. The quantitative estimate of drug-likeness (QED) is 0.706. The lowest BCUT2D eigenvalue weighted by molar-refractivity contribution is 0.636. The predicted molar refractivity (Wildman–Crippen MR) is 46.7 cm³/mol. The fourth-order valence-electron chi connectivity index (χ4n) is 0.386. The van der Waals surface area contributed by atoms with Crippen LogP contribution in [0.3, 0.4) is 0 Å². The smallest absolute Gasteiger partial charge is 0.0785 e.